The largest absolute Gasteiger partial charge is 0.347 e. The molecule has 2 nitrogen and oxygen atoms in total. The summed E-state index contributed by atoms with van der Waals surface area (Å²) in [6.45, 7) is 3.72. The molecule has 0 bridgehead atoms. The van der Waals surface area contributed by atoms with Gasteiger partial charge in [-0.25, -0.2) is 0 Å². The highest BCUT2D eigenvalue weighted by atomic mass is 32.2. The average molecular weight is 259 g/mol. The van der Waals surface area contributed by atoms with Crippen LogP contribution in [0.4, 0.5) is 0 Å². The molecule has 0 atom stereocenters. The minimum atomic E-state index is 0.161. The van der Waals surface area contributed by atoms with E-state index < -0.39 is 0 Å². The summed E-state index contributed by atoms with van der Waals surface area (Å²) in [6, 6.07) is 8.38. The second kappa shape index (κ2) is 5.44. The lowest BCUT2D eigenvalue weighted by atomic mass is 10.1. The molecule has 0 amide bonds. The maximum atomic E-state index is 10.9. The maximum Gasteiger partial charge on any atom is 0.186 e. The Bertz CT molecular complexity index is 610. The third-order valence-corrected chi connectivity index (χ3v) is 3.88. The first-order valence-electron chi connectivity index (χ1n) is 5.95. The van der Waals surface area contributed by atoms with Crippen molar-refractivity contribution in [2.24, 2.45) is 7.05 Å². The summed E-state index contributed by atoms with van der Waals surface area (Å²) in [5, 5.41) is 1.43. The quantitative estimate of drug-likeness (QED) is 0.837. The van der Waals surface area contributed by atoms with Crippen LogP contribution in [0.25, 0.3) is 17.0 Å². The fourth-order valence-corrected chi connectivity index (χ4v) is 2.52. The van der Waals surface area contributed by atoms with Crippen LogP contribution in [-0.2, 0) is 11.8 Å². The zero-order chi connectivity index (χ0) is 13.1. The van der Waals surface area contributed by atoms with Gasteiger partial charge in [0.25, 0.3) is 0 Å². The Kier molecular flexibility index (Phi) is 3.92. The van der Waals surface area contributed by atoms with Gasteiger partial charge in [-0.05, 0) is 13.0 Å². The van der Waals surface area contributed by atoms with Crippen molar-refractivity contribution in [1.82, 2.24) is 4.57 Å². The molecule has 3 heteroatoms. The number of hydrogen-bond acceptors (Lipinski definition) is 2. The molecule has 0 aliphatic heterocycles. The number of para-hydroxylation sites is 1. The van der Waals surface area contributed by atoms with E-state index in [0.717, 1.165) is 5.75 Å². The molecule has 2 aromatic rings. The molecule has 94 valence electrons. The first-order chi connectivity index (χ1) is 8.61. The van der Waals surface area contributed by atoms with E-state index in [-0.39, 0.29) is 5.12 Å². The molecule has 18 heavy (non-hydrogen) atoms. The Balaban J connectivity index is 2.33. The lowest BCUT2D eigenvalue weighted by Gasteiger charge is -1.97. The number of carbonyl (C=O) groups excluding carboxylic acids is 1. The van der Waals surface area contributed by atoms with E-state index in [4.69, 9.17) is 0 Å². The number of aryl methyl sites for hydroxylation is 1. The third-order valence-electron chi connectivity index (χ3n) is 3.12. The van der Waals surface area contributed by atoms with Crippen molar-refractivity contribution in [1.29, 1.82) is 0 Å². The fraction of sp³-hybridized carbons (Fsp3) is 0.267. The third kappa shape index (κ3) is 2.51. The molecule has 1 aromatic carbocycles. The average Bonchev–Trinajstić information content (AvgIpc) is 2.59. The summed E-state index contributed by atoms with van der Waals surface area (Å²) in [6.07, 6.45) is 4.18. The van der Waals surface area contributed by atoms with Gasteiger partial charge in [0.15, 0.2) is 5.12 Å². The summed E-state index contributed by atoms with van der Waals surface area (Å²) in [5.74, 6) is 0.734. The maximum absolute atomic E-state index is 10.9. The van der Waals surface area contributed by atoms with Gasteiger partial charge in [0.05, 0.1) is 0 Å². The Morgan fingerprint density at radius 3 is 2.83 bits per heavy atom. The van der Waals surface area contributed by atoms with E-state index in [1.807, 2.05) is 0 Å². The molecule has 0 saturated heterocycles. The SMILES string of the molecule is CC(=O)SCC=Cc1c(C)n(C)c2ccccc12. The Hall–Kier alpha value is -1.48. The van der Waals surface area contributed by atoms with E-state index in [0.29, 0.717) is 0 Å². The highest BCUT2D eigenvalue weighted by Gasteiger charge is 2.08. The van der Waals surface area contributed by atoms with Crippen LogP contribution in [0.2, 0.25) is 0 Å². The molecule has 0 N–H and O–H groups in total. The second-order valence-corrected chi connectivity index (χ2v) is 5.48. The van der Waals surface area contributed by atoms with Crippen LogP contribution in [0, 0.1) is 6.92 Å². The molecule has 0 aliphatic carbocycles. The Morgan fingerprint density at radius 2 is 2.11 bits per heavy atom. The molecule has 0 unspecified atom stereocenters. The summed E-state index contributed by atoms with van der Waals surface area (Å²) in [5.41, 5.74) is 3.74. The predicted octanol–water partition coefficient (Wildman–Crippen LogP) is 3.78. The van der Waals surface area contributed by atoms with Crippen molar-refractivity contribution in [3.8, 4) is 0 Å². The Labute approximate surface area is 112 Å². The lowest BCUT2D eigenvalue weighted by molar-refractivity contribution is -0.109. The molecular formula is C15H17NOS. The predicted molar refractivity (Wildman–Crippen MR) is 79.8 cm³/mol. The van der Waals surface area contributed by atoms with E-state index in [2.05, 4.69) is 55.0 Å². The number of aromatic nitrogens is 1. The number of thioether (sulfide) groups is 1. The Morgan fingerprint density at radius 1 is 1.39 bits per heavy atom. The topological polar surface area (TPSA) is 22.0 Å². The van der Waals surface area contributed by atoms with Gasteiger partial charge in [0.1, 0.15) is 0 Å². The van der Waals surface area contributed by atoms with Crippen molar-refractivity contribution in [3.05, 3.63) is 41.6 Å². The normalized spacial score (nSPS) is 11.5. The standard InChI is InChI=1S/C15H17NOS/c1-11-13(8-6-10-18-12(2)17)14-7-4-5-9-15(14)16(11)3/h4-9H,10H2,1-3H3. The first kappa shape index (κ1) is 13.0. The van der Waals surface area contributed by atoms with Crippen LogP contribution in [0.15, 0.2) is 30.3 Å². The molecule has 1 aromatic heterocycles. The van der Waals surface area contributed by atoms with Gasteiger partial charge in [-0.15, -0.1) is 0 Å². The van der Waals surface area contributed by atoms with Gasteiger partial charge in [0, 0.05) is 41.9 Å². The number of hydrogen-bond donors (Lipinski definition) is 0. The number of rotatable bonds is 3. The van der Waals surface area contributed by atoms with Gasteiger partial charge in [-0.2, -0.15) is 0 Å². The van der Waals surface area contributed by atoms with E-state index in [1.54, 1.807) is 6.92 Å². The van der Waals surface area contributed by atoms with Crippen LogP contribution in [0.1, 0.15) is 18.2 Å². The number of benzene rings is 1. The van der Waals surface area contributed by atoms with Crippen LogP contribution >= 0.6 is 11.8 Å². The van der Waals surface area contributed by atoms with Crippen LogP contribution in [0.3, 0.4) is 0 Å². The number of fused-ring (bicyclic) bond motifs is 1. The van der Waals surface area contributed by atoms with Crippen molar-refractivity contribution in [2.45, 2.75) is 13.8 Å². The second-order valence-electron chi connectivity index (χ2n) is 4.28. The van der Waals surface area contributed by atoms with Crippen molar-refractivity contribution < 1.29 is 4.79 Å². The lowest BCUT2D eigenvalue weighted by Crippen LogP contribution is -1.90. The monoisotopic (exact) mass is 259 g/mol. The summed E-state index contributed by atoms with van der Waals surface area (Å²) in [7, 11) is 2.08. The highest BCUT2D eigenvalue weighted by Crippen LogP contribution is 2.25. The summed E-state index contributed by atoms with van der Waals surface area (Å²) < 4.78 is 2.20. The van der Waals surface area contributed by atoms with Gasteiger partial charge in [0.2, 0.25) is 0 Å². The van der Waals surface area contributed by atoms with Gasteiger partial charge in [-0.1, -0.05) is 42.1 Å². The van der Waals surface area contributed by atoms with Crippen molar-refractivity contribution >= 4 is 33.9 Å². The van der Waals surface area contributed by atoms with E-state index in [9.17, 15) is 4.79 Å². The van der Waals surface area contributed by atoms with E-state index >= 15 is 0 Å². The molecular weight excluding hydrogens is 242 g/mol. The first-order valence-corrected chi connectivity index (χ1v) is 6.93. The minimum Gasteiger partial charge on any atom is -0.347 e. The molecule has 1 heterocycles. The van der Waals surface area contributed by atoms with Gasteiger partial charge < -0.3 is 4.57 Å². The summed E-state index contributed by atoms with van der Waals surface area (Å²) in [4.78, 5) is 10.9. The van der Waals surface area contributed by atoms with Crippen molar-refractivity contribution in [2.75, 3.05) is 5.75 Å². The minimum absolute atomic E-state index is 0.161. The highest BCUT2D eigenvalue weighted by molar-refractivity contribution is 8.13. The smallest absolute Gasteiger partial charge is 0.186 e. The number of carbonyl (C=O) groups is 1. The molecule has 0 radical (unpaired) electrons. The molecule has 0 fully saturated rings. The zero-order valence-electron chi connectivity index (χ0n) is 10.9. The van der Waals surface area contributed by atoms with Crippen LogP contribution < -0.4 is 0 Å². The molecule has 0 saturated carbocycles. The molecule has 0 spiro atoms. The van der Waals surface area contributed by atoms with Crippen LogP contribution in [-0.4, -0.2) is 15.4 Å². The number of nitrogens with zero attached hydrogens (tertiary/aromatic N) is 1. The van der Waals surface area contributed by atoms with Crippen molar-refractivity contribution in [3.63, 3.8) is 0 Å². The van der Waals surface area contributed by atoms with E-state index in [1.165, 1.54) is 33.9 Å². The molecule has 2 rings (SSSR count). The van der Waals surface area contributed by atoms with Crippen LogP contribution in [0.5, 0.6) is 0 Å². The molecule has 0 aliphatic rings. The fourth-order valence-electron chi connectivity index (χ4n) is 2.09. The summed E-state index contributed by atoms with van der Waals surface area (Å²) >= 11 is 1.34. The van der Waals surface area contributed by atoms with Gasteiger partial charge in [-0.3, -0.25) is 4.79 Å². The van der Waals surface area contributed by atoms with Gasteiger partial charge >= 0.3 is 0 Å². The zero-order valence-corrected chi connectivity index (χ0v) is 11.8.